The Morgan fingerprint density at radius 3 is 2.33 bits per heavy atom. The van der Waals surface area contributed by atoms with Crippen molar-refractivity contribution in [2.45, 2.75) is 12.5 Å². The summed E-state index contributed by atoms with van der Waals surface area (Å²) in [5.74, 6) is 0. The van der Waals surface area contributed by atoms with E-state index in [0.29, 0.717) is 12.0 Å². The number of aromatic nitrogens is 1. The van der Waals surface area contributed by atoms with Crippen LogP contribution in [-0.4, -0.2) is 15.0 Å². The predicted molar refractivity (Wildman–Crippen MR) is 66.0 cm³/mol. The van der Waals surface area contributed by atoms with Crippen molar-refractivity contribution in [3.05, 3.63) is 70.0 Å². The summed E-state index contributed by atoms with van der Waals surface area (Å²) in [5, 5.41) is 20.5. The van der Waals surface area contributed by atoms with Gasteiger partial charge in [-0.05, 0) is 35.4 Å². The zero-order chi connectivity index (χ0) is 13.0. The molecule has 0 bridgehead atoms. The van der Waals surface area contributed by atoms with Crippen molar-refractivity contribution in [3.63, 3.8) is 0 Å². The molecule has 0 aliphatic rings. The highest BCUT2D eigenvalue weighted by Crippen LogP contribution is 2.20. The quantitative estimate of drug-likeness (QED) is 0.661. The highest BCUT2D eigenvalue weighted by Gasteiger charge is 2.11. The lowest BCUT2D eigenvalue weighted by Crippen LogP contribution is -2.02. The first-order valence-corrected chi connectivity index (χ1v) is 5.48. The molecule has 0 saturated carbocycles. The number of hydrogen-bond donors (Lipinski definition) is 1. The number of rotatable bonds is 4. The summed E-state index contributed by atoms with van der Waals surface area (Å²) in [4.78, 5) is 13.9. The molecule has 2 aromatic rings. The van der Waals surface area contributed by atoms with E-state index >= 15 is 0 Å². The molecule has 18 heavy (non-hydrogen) atoms. The lowest BCUT2D eigenvalue weighted by Gasteiger charge is -2.10. The number of non-ortho nitro benzene ring substituents is 1. The van der Waals surface area contributed by atoms with Crippen LogP contribution in [0.3, 0.4) is 0 Å². The molecule has 1 N–H and O–H groups in total. The Hall–Kier alpha value is -2.27. The minimum atomic E-state index is -0.673. The Morgan fingerprint density at radius 1 is 1.17 bits per heavy atom. The summed E-state index contributed by atoms with van der Waals surface area (Å²) in [6.07, 6.45) is 3.11. The molecule has 1 unspecified atom stereocenters. The first-order valence-electron chi connectivity index (χ1n) is 5.48. The van der Waals surface area contributed by atoms with Crippen LogP contribution in [0.4, 0.5) is 5.69 Å². The lowest BCUT2D eigenvalue weighted by molar-refractivity contribution is -0.384. The Kier molecular flexibility index (Phi) is 3.64. The molecular weight excluding hydrogens is 232 g/mol. The molecule has 0 radical (unpaired) electrons. The number of nitro benzene ring substituents is 1. The molecule has 5 nitrogen and oxygen atoms in total. The van der Waals surface area contributed by atoms with Gasteiger partial charge in [-0.2, -0.15) is 0 Å². The van der Waals surface area contributed by atoms with E-state index in [-0.39, 0.29) is 5.69 Å². The van der Waals surface area contributed by atoms with E-state index < -0.39 is 11.0 Å². The molecule has 0 spiro atoms. The van der Waals surface area contributed by atoms with E-state index in [1.54, 1.807) is 24.5 Å². The Morgan fingerprint density at radius 2 is 1.78 bits per heavy atom. The summed E-state index contributed by atoms with van der Waals surface area (Å²) in [5.41, 5.74) is 1.66. The van der Waals surface area contributed by atoms with Gasteiger partial charge in [0, 0.05) is 30.9 Å². The van der Waals surface area contributed by atoms with E-state index in [4.69, 9.17) is 0 Å². The predicted octanol–water partition coefficient (Wildman–Crippen LogP) is 2.27. The molecule has 0 amide bonds. The molecule has 0 saturated heterocycles. The van der Waals surface area contributed by atoms with E-state index in [1.807, 2.05) is 12.1 Å². The highest BCUT2D eigenvalue weighted by atomic mass is 16.6. The average Bonchev–Trinajstić information content (AvgIpc) is 2.40. The topological polar surface area (TPSA) is 76.3 Å². The van der Waals surface area contributed by atoms with Crippen LogP contribution in [0, 0.1) is 10.1 Å². The van der Waals surface area contributed by atoms with E-state index in [9.17, 15) is 15.2 Å². The summed E-state index contributed by atoms with van der Waals surface area (Å²) >= 11 is 0. The maximum Gasteiger partial charge on any atom is 0.269 e. The standard InChI is InChI=1S/C13H12N2O3/c16-13(9-10-5-7-14-8-6-10)11-1-3-12(4-2-11)15(17)18/h1-8,13,16H,9H2. The minimum Gasteiger partial charge on any atom is -0.388 e. The van der Waals surface area contributed by atoms with Crippen molar-refractivity contribution in [2.24, 2.45) is 0 Å². The van der Waals surface area contributed by atoms with Gasteiger partial charge in [0.1, 0.15) is 0 Å². The molecule has 0 aliphatic heterocycles. The first kappa shape index (κ1) is 12.2. The SMILES string of the molecule is O=[N+]([O-])c1ccc(C(O)Cc2ccncc2)cc1. The molecule has 0 aliphatic carbocycles. The average molecular weight is 244 g/mol. The summed E-state index contributed by atoms with van der Waals surface area (Å²) in [6, 6.07) is 9.59. The number of aliphatic hydroxyl groups is 1. The second-order valence-electron chi connectivity index (χ2n) is 3.92. The summed E-state index contributed by atoms with van der Waals surface area (Å²) < 4.78 is 0. The lowest BCUT2D eigenvalue weighted by atomic mass is 10.0. The molecule has 0 fully saturated rings. The number of hydrogen-bond acceptors (Lipinski definition) is 4. The number of nitro groups is 1. The van der Waals surface area contributed by atoms with Crippen molar-refractivity contribution in [2.75, 3.05) is 0 Å². The molecule has 1 atom stereocenters. The smallest absolute Gasteiger partial charge is 0.269 e. The Labute approximate surface area is 104 Å². The van der Waals surface area contributed by atoms with Gasteiger partial charge >= 0.3 is 0 Å². The molecule has 5 heteroatoms. The van der Waals surface area contributed by atoms with Gasteiger partial charge in [-0.3, -0.25) is 15.1 Å². The van der Waals surface area contributed by atoms with E-state index in [0.717, 1.165) is 5.56 Å². The maximum atomic E-state index is 10.5. The largest absolute Gasteiger partial charge is 0.388 e. The number of benzene rings is 1. The fourth-order valence-corrected chi connectivity index (χ4v) is 1.68. The van der Waals surface area contributed by atoms with Crippen LogP contribution in [0.15, 0.2) is 48.8 Å². The fraction of sp³-hybridized carbons (Fsp3) is 0.154. The van der Waals surface area contributed by atoms with E-state index in [2.05, 4.69) is 4.98 Å². The van der Waals surface area contributed by atoms with Gasteiger partial charge in [-0.25, -0.2) is 0 Å². The van der Waals surface area contributed by atoms with Crippen LogP contribution in [0.25, 0.3) is 0 Å². The fourth-order valence-electron chi connectivity index (χ4n) is 1.68. The Balaban J connectivity index is 2.09. The summed E-state index contributed by atoms with van der Waals surface area (Å²) in [7, 11) is 0. The van der Waals surface area contributed by atoms with Crippen LogP contribution in [0.1, 0.15) is 17.2 Å². The van der Waals surface area contributed by atoms with Crippen molar-refractivity contribution >= 4 is 5.69 Å². The number of nitrogens with zero attached hydrogens (tertiary/aromatic N) is 2. The third kappa shape index (κ3) is 2.89. The van der Waals surface area contributed by atoms with Crippen LogP contribution in [0.5, 0.6) is 0 Å². The minimum absolute atomic E-state index is 0.0230. The molecule has 92 valence electrons. The van der Waals surface area contributed by atoms with Gasteiger partial charge in [0.25, 0.3) is 5.69 Å². The van der Waals surface area contributed by atoms with Gasteiger partial charge in [-0.15, -0.1) is 0 Å². The maximum absolute atomic E-state index is 10.5. The molecule has 1 aromatic carbocycles. The normalized spacial score (nSPS) is 12.1. The van der Waals surface area contributed by atoms with Crippen LogP contribution in [-0.2, 0) is 6.42 Å². The van der Waals surface area contributed by atoms with Crippen molar-refractivity contribution in [1.29, 1.82) is 0 Å². The van der Waals surface area contributed by atoms with Crippen LogP contribution >= 0.6 is 0 Å². The second kappa shape index (κ2) is 5.37. The van der Waals surface area contributed by atoms with Crippen LogP contribution < -0.4 is 0 Å². The van der Waals surface area contributed by atoms with Gasteiger partial charge in [0.05, 0.1) is 11.0 Å². The van der Waals surface area contributed by atoms with Gasteiger partial charge < -0.3 is 5.11 Å². The van der Waals surface area contributed by atoms with E-state index in [1.165, 1.54) is 12.1 Å². The van der Waals surface area contributed by atoms with Gasteiger partial charge in [-0.1, -0.05) is 0 Å². The van der Waals surface area contributed by atoms with Gasteiger partial charge in [0.2, 0.25) is 0 Å². The number of pyridine rings is 1. The Bertz CT molecular complexity index is 526. The van der Waals surface area contributed by atoms with Gasteiger partial charge in [0.15, 0.2) is 0 Å². The first-order chi connectivity index (χ1) is 8.66. The molecular formula is C13H12N2O3. The highest BCUT2D eigenvalue weighted by molar-refractivity contribution is 5.34. The molecule has 1 aromatic heterocycles. The van der Waals surface area contributed by atoms with Crippen molar-refractivity contribution in [1.82, 2.24) is 4.98 Å². The molecule has 1 heterocycles. The monoisotopic (exact) mass is 244 g/mol. The third-order valence-electron chi connectivity index (χ3n) is 2.67. The number of aliphatic hydroxyl groups excluding tert-OH is 1. The summed E-state index contributed by atoms with van der Waals surface area (Å²) in [6.45, 7) is 0. The van der Waals surface area contributed by atoms with Crippen molar-refractivity contribution in [3.8, 4) is 0 Å². The second-order valence-corrected chi connectivity index (χ2v) is 3.92. The van der Waals surface area contributed by atoms with Crippen LogP contribution in [0.2, 0.25) is 0 Å². The van der Waals surface area contributed by atoms with Crippen molar-refractivity contribution < 1.29 is 10.0 Å². The third-order valence-corrected chi connectivity index (χ3v) is 2.67. The zero-order valence-electron chi connectivity index (χ0n) is 9.56. The zero-order valence-corrected chi connectivity index (χ0v) is 9.56. The molecule has 2 rings (SSSR count).